The predicted octanol–water partition coefficient (Wildman–Crippen LogP) is 0.525. The lowest BCUT2D eigenvalue weighted by molar-refractivity contribution is -0.918. The molecule has 2 aliphatic rings. The molecular weight excluding hydrogens is 402 g/mol. The molecule has 2 aromatic rings. The summed E-state index contributed by atoms with van der Waals surface area (Å²) in [5.41, 5.74) is 2.61. The molecule has 0 spiro atoms. The average Bonchev–Trinajstić information content (AvgIpc) is 3.03. The average molecular weight is 429 g/mol. The molecule has 0 aliphatic carbocycles. The fourth-order valence-corrected chi connectivity index (χ4v) is 5.83. The highest BCUT2D eigenvalue weighted by molar-refractivity contribution is 7.89. The third kappa shape index (κ3) is 3.66. The summed E-state index contributed by atoms with van der Waals surface area (Å²) in [6.07, 6.45) is 0.160. The van der Waals surface area contributed by atoms with Crippen molar-refractivity contribution in [2.45, 2.75) is 31.2 Å². The van der Waals surface area contributed by atoms with Gasteiger partial charge in [-0.1, -0.05) is 35.9 Å². The van der Waals surface area contributed by atoms with Gasteiger partial charge in [-0.05, 0) is 37.6 Å². The standard InChI is InChI=1S/C22H25N3O4S/c1-16-8-9-19(17(2)14-16)25-21(26)15-20(22(25)27)23-10-12-24(13-11-23)30(28,29)18-6-4-3-5-7-18/h3-9,14,20H,10-13,15H2,1-2H3/p+1. The summed E-state index contributed by atoms with van der Waals surface area (Å²) in [4.78, 5) is 28.3. The molecule has 2 heterocycles. The smallest absolute Gasteiger partial charge is 0.292 e. The van der Waals surface area contributed by atoms with Gasteiger partial charge >= 0.3 is 0 Å². The van der Waals surface area contributed by atoms with Gasteiger partial charge in [0.15, 0.2) is 6.04 Å². The zero-order chi connectivity index (χ0) is 21.5. The van der Waals surface area contributed by atoms with Crippen LogP contribution >= 0.6 is 0 Å². The minimum Gasteiger partial charge on any atom is -0.322 e. The van der Waals surface area contributed by atoms with Crippen molar-refractivity contribution in [3.8, 4) is 0 Å². The number of nitrogens with zero attached hydrogens (tertiary/aromatic N) is 2. The van der Waals surface area contributed by atoms with Gasteiger partial charge in [0.1, 0.15) is 0 Å². The van der Waals surface area contributed by atoms with E-state index in [1.807, 2.05) is 32.0 Å². The van der Waals surface area contributed by atoms with Crippen LogP contribution in [0.25, 0.3) is 0 Å². The number of imide groups is 1. The first-order valence-electron chi connectivity index (χ1n) is 10.1. The van der Waals surface area contributed by atoms with Crippen LogP contribution in [0.1, 0.15) is 17.5 Å². The first-order valence-corrected chi connectivity index (χ1v) is 11.6. The molecule has 1 atom stereocenters. The van der Waals surface area contributed by atoms with Crippen molar-refractivity contribution < 1.29 is 22.9 Å². The third-order valence-electron chi connectivity index (χ3n) is 5.98. The van der Waals surface area contributed by atoms with Crippen LogP contribution in [0.4, 0.5) is 5.69 Å². The molecule has 0 aromatic heterocycles. The first-order chi connectivity index (χ1) is 14.3. The van der Waals surface area contributed by atoms with Crippen molar-refractivity contribution >= 4 is 27.5 Å². The van der Waals surface area contributed by atoms with Crippen LogP contribution in [-0.4, -0.2) is 56.8 Å². The lowest BCUT2D eigenvalue weighted by atomic mass is 10.1. The summed E-state index contributed by atoms with van der Waals surface area (Å²) in [5.74, 6) is -0.384. The van der Waals surface area contributed by atoms with Gasteiger partial charge in [-0.2, -0.15) is 4.31 Å². The van der Waals surface area contributed by atoms with Gasteiger partial charge in [-0.25, -0.2) is 13.3 Å². The Kier molecular flexibility index (Phi) is 5.48. The van der Waals surface area contributed by atoms with Crippen LogP contribution in [0, 0.1) is 13.8 Å². The molecule has 8 heteroatoms. The number of piperazine rings is 1. The molecule has 30 heavy (non-hydrogen) atoms. The fraction of sp³-hybridized carbons (Fsp3) is 0.364. The topological polar surface area (TPSA) is 79.2 Å². The molecule has 7 nitrogen and oxygen atoms in total. The van der Waals surface area contributed by atoms with Gasteiger partial charge in [-0.15, -0.1) is 0 Å². The summed E-state index contributed by atoms with van der Waals surface area (Å²) in [6.45, 7) is 5.52. The van der Waals surface area contributed by atoms with E-state index in [1.165, 1.54) is 9.21 Å². The molecule has 0 bridgehead atoms. The van der Waals surface area contributed by atoms with E-state index in [4.69, 9.17) is 0 Å². The minimum absolute atomic E-state index is 0.160. The van der Waals surface area contributed by atoms with Gasteiger partial charge in [0.2, 0.25) is 15.9 Å². The van der Waals surface area contributed by atoms with E-state index in [0.717, 1.165) is 16.0 Å². The number of anilines is 1. The number of quaternary nitrogens is 1. The Morgan fingerprint density at radius 1 is 0.967 bits per heavy atom. The van der Waals surface area contributed by atoms with E-state index < -0.39 is 16.1 Å². The summed E-state index contributed by atoms with van der Waals surface area (Å²) >= 11 is 0. The highest BCUT2D eigenvalue weighted by atomic mass is 32.2. The van der Waals surface area contributed by atoms with Gasteiger partial charge in [-0.3, -0.25) is 9.59 Å². The highest BCUT2D eigenvalue weighted by Crippen LogP contribution is 2.26. The SMILES string of the molecule is Cc1ccc(N2C(=O)CC([NH+]3CCN(S(=O)(=O)c4ccccc4)CC3)C2=O)c(C)c1. The van der Waals surface area contributed by atoms with E-state index in [9.17, 15) is 18.0 Å². The number of nitrogens with one attached hydrogen (secondary N) is 1. The minimum atomic E-state index is -3.54. The third-order valence-corrected chi connectivity index (χ3v) is 7.89. The highest BCUT2D eigenvalue weighted by Gasteiger charge is 2.47. The monoisotopic (exact) mass is 428 g/mol. The number of amides is 2. The van der Waals surface area contributed by atoms with E-state index in [-0.39, 0.29) is 23.1 Å². The van der Waals surface area contributed by atoms with Crippen molar-refractivity contribution in [1.29, 1.82) is 0 Å². The molecule has 2 aromatic carbocycles. The van der Waals surface area contributed by atoms with Crippen LogP contribution in [0.3, 0.4) is 0 Å². The van der Waals surface area contributed by atoms with Gasteiger partial charge in [0.05, 0.1) is 43.2 Å². The molecule has 2 aliphatic heterocycles. The largest absolute Gasteiger partial charge is 0.322 e. The Balaban J connectivity index is 1.47. The molecule has 1 N–H and O–H groups in total. The van der Waals surface area contributed by atoms with E-state index >= 15 is 0 Å². The lowest BCUT2D eigenvalue weighted by Crippen LogP contribution is -3.19. The summed E-state index contributed by atoms with van der Waals surface area (Å²) < 4.78 is 27.1. The summed E-state index contributed by atoms with van der Waals surface area (Å²) in [7, 11) is -3.54. The zero-order valence-corrected chi connectivity index (χ0v) is 18.0. The van der Waals surface area contributed by atoms with E-state index in [2.05, 4.69) is 0 Å². The van der Waals surface area contributed by atoms with Crippen LogP contribution in [0.5, 0.6) is 0 Å². The molecule has 2 saturated heterocycles. The van der Waals surface area contributed by atoms with E-state index in [1.54, 1.807) is 30.3 Å². The summed E-state index contributed by atoms with van der Waals surface area (Å²) in [5, 5.41) is 0. The molecule has 2 fully saturated rings. The number of carbonyl (C=O) groups is 2. The Morgan fingerprint density at radius 3 is 2.27 bits per heavy atom. The molecular formula is C22H26N3O4S+. The predicted molar refractivity (Wildman–Crippen MR) is 113 cm³/mol. The maximum Gasteiger partial charge on any atom is 0.292 e. The maximum atomic E-state index is 13.1. The van der Waals surface area contributed by atoms with Crippen LogP contribution in [-0.2, 0) is 19.6 Å². The second kappa shape index (κ2) is 7.94. The molecule has 0 radical (unpaired) electrons. The normalized spacial score (nSPS) is 21.4. The van der Waals surface area contributed by atoms with Crippen molar-refractivity contribution in [3.63, 3.8) is 0 Å². The second-order valence-corrected chi connectivity index (χ2v) is 9.93. The number of benzene rings is 2. The number of sulfonamides is 1. The second-order valence-electron chi connectivity index (χ2n) is 7.99. The Labute approximate surface area is 176 Å². The van der Waals surface area contributed by atoms with E-state index in [0.29, 0.717) is 31.9 Å². The Morgan fingerprint density at radius 2 is 1.63 bits per heavy atom. The van der Waals surface area contributed by atoms with Crippen LogP contribution in [0.15, 0.2) is 53.4 Å². The number of aryl methyl sites for hydroxylation is 2. The van der Waals surface area contributed by atoms with Gasteiger partial charge in [0.25, 0.3) is 5.91 Å². The van der Waals surface area contributed by atoms with Crippen LogP contribution < -0.4 is 9.80 Å². The Bertz CT molecular complexity index is 1080. The number of hydrogen-bond donors (Lipinski definition) is 1. The van der Waals surface area contributed by atoms with Crippen molar-refractivity contribution in [1.82, 2.24) is 4.31 Å². The quantitative estimate of drug-likeness (QED) is 0.721. The lowest BCUT2D eigenvalue weighted by Gasteiger charge is -2.33. The fourth-order valence-electron chi connectivity index (χ4n) is 4.36. The van der Waals surface area contributed by atoms with Gasteiger partial charge in [0, 0.05) is 0 Å². The number of rotatable bonds is 4. The zero-order valence-electron chi connectivity index (χ0n) is 17.2. The van der Waals surface area contributed by atoms with Crippen molar-refractivity contribution in [2.75, 3.05) is 31.1 Å². The van der Waals surface area contributed by atoms with Gasteiger partial charge < -0.3 is 4.90 Å². The molecule has 2 amide bonds. The van der Waals surface area contributed by atoms with Crippen LogP contribution in [0.2, 0.25) is 0 Å². The molecule has 4 rings (SSSR count). The maximum absolute atomic E-state index is 13.1. The molecule has 0 saturated carbocycles. The van der Waals surface area contributed by atoms with Crippen molar-refractivity contribution in [3.05, 3.63) is 59.7 Å². The van der Waals surface area contributed by atoms with Crippen molar-refractivity contribution in [2.24, 2.45) is 0 Å². The molecule has 158 valence electrons. The number of carbonyl (C=O) groups excluding carboxylic acids is 2. The first kappa shape index (κ1) is 20.7. The Hall–Kier alpha value is -2.55. The summed E-state index contributed by atoms with van der Waals surface area (Å²) in [6, 6.07) is 13.6. The molecule has 1 unspecified atom stereocenters. The number of hydrogen-bond acceptors (Lipinski definition) is 4.